The fraction of sp³-hybridized carbons (Fsp3) is 0.300. The molecule has 0 spiro atoms. The largest absolute Gasteiger partial charge is 0.383 e. The van der Waals surface area contributed by atoms with Gasteiger partial charge in [-0.05, 0) is 38.1 Å². The molecule has 5 nitrogen and oxygen atoms in total. The molecule has 0 fully saturated rings. The van der Waals surface area contributed by atoms with Crippen LogP contribution in [-0.4, -0.2) is 20.2 Å². The van der Waals surface area contributed by atoms with E-state index in [0.29, 0.717) is 11.0 Å². The predicted molar refractivity (Wildman–Crippen MR) is 63.4 cm³/mol. The molecule has 0 aliphatic carbocycles. The standard InChI is InChI=1S/C10H13N5S/c1-5-6(2)13-10(14-7(5)3)16-8-4-12-15-9(8)11/h4H,1-3H3,(H3,11,12,15). The minimum atomic E-state index is 0.546. The molecule has 3 N–H and O–H groups in total. The number of nitrogen functional groups attached to an aromatic ring is 1. The van der Waals surface area contributed by atoms with Gasteiger partial charge in [-0.25, -0.2) is 9.97 Å². The number of nitrogens with zero attached hydrogens (tertiary/aromatic N) is 3. The van der Waals surface area contributed by atoms with E-state index in [4.69, 9.17) is 5.73 Å². The van der Waals surface area contributed by atoms with Crippen LogP contribution in [-0.2, 0) is 0 Å². The lowest BCUT2D eigenvalue weighted by Crippen LogP contribution is -1.98. The van der Waals surface area contributed by atoms with Crippen molar-refractivity contribution in [3.05, 3.63) is 23.1 Å². The molecule has 0 bridgehead atoms. The van der Waals surface area contributed by atoms with E-state index in [1.165, 1.54) is 11.8 Å². The maximum Gasteiger partial charge on any atom is 0.193 e. The third kappa shape index (κ3) is 2.01. The van der Waals surface area contributed by atoms with Crippen molar-refractivity contribution in [1.82, 2.24) is 20.2 Å². The second-order valence-electron chi connectivity index (χ2n) is 3.55. The summed E-state index contributed by atoms with van der Waals surface area (Å²) in [5.41, 5.74) is 8.82. The van der Waals surface area contributed by atoms with Crippen LogP contribution in [0.3, 0.4) is 0 Å². The zero-order valence-electron chi connectivity index (χ0n) is 9.40. The lowest BCUT2D eigenvalue weighted by Gasteiger charge is -2.05. The number of aryl methyl sites for hydroxylation is 2. The van der Waals surface area contributed by atoms with Crippen molar-refractivity contribution >= 4 is 17.6 Å². The zero-order valence-corrected chi connectivity index (χ0v) is 10.2. The normalized spacial score (nSPS) is 10.7. The first-order valence-corrected chi connectivity index (χ1v) is 5.68. The van der Waals surface area contributed by atoms with Crippen LogP contribution in [0, 0.1) is 20.8 Å². The van der Waals surface area contributed by atoms with Crippen molar-refractivity contribution in [2.45, 2.75) is 30.8 Å². The van der Waals surface area contributed by atoms with Gasteiger partial charge in [0, 0.05) is 11.4 Å². The summed E-state index contributed by atoms with van der Waals surface area (Å²) >= 11 is 1.42. The smallest absolute Gasteiger partial charge is 0.193 e. The molecule has 6 heteroatoms. The Morgan fingerprint density at radius 3 is 2.31 bits per heavy atom. The van der Waals surface area contributed by atoms with Gasteiger partial charge in [0.15, 0.2) is 5.16 Å². The summed E-state index contributed by atoms with van der Waals surface area (Å²) in [6.45, 7) is 5.98. The molecule has 84 valence electrons. The Balaban J connectivity index is 2.33. The summed E-state index contributed by atoms with van der Waals surface area (Å²) in [7, 11) is 0. The molecule has 0 amide bonds. The fourth-order valence-corrected chi connectivity index (χ4v) is 2.07. The van der Waals surface area contributed by atoms with E-state index in [1.807, 2.05) is 20.8 Å². The molecule has 2 aromatic heterocycles. The number of H-pyrrole nitrogens is 1. The van der Waals surface area contributed by atoms with Gasteiger partial charge in [0.05, 0.1) is 11.1 Å². The van der Waals surface area contributed by atoms with Gasteiger partial charge in [-0.15, -0.1) is 0 Å². The summed E-state index contributed by atoms with van der Waals surface area (Å²) in [6.07, 6.45) is 1.67. The molecule has 2 rings (SSSR count). The van der Waals surface area contributed by atoms with E-state index < -0.39 is 0 Å². The summed E-state index contributed by atoms with van der Waals surface area (Å²) in [5, 5.41) is 7.24. The Morgan fingerprint density at radius 2 is 1.81 bits per heavy atom. The van der Waals surface area contributed by atoms with Crippen molar-refractivity contribution in [2.24, 2.45) is 0 Å². The molecule has 0 saturated heterocycles. The number of hydrogen-bond acceptors (Lipinski definition) is 5. The molecular formula is C10H13N5S. The van der Waals surface area contributed by atoms with Crippen molar-refractivity contribution in [1.29, 1.82) is 0 Å². The zero-order chi connectivity index (χ0) is 11.7. The van der Waals surface area contributed by atoms with E-state index in [2.05, 4.69) is 20.2 Å². The second kappa shape index (κ2) is 4.13. The van der Waals surface area contributed by atoms with Crippen LogP contribution in [0.15, 0.2) is 16.2 Å². The Hall–Kier alpha value is -1.56. The molecule has 2 heterocycles. The van der Waals surface area contributed by atoms with Gasteiger partial charge in [-0.3, -0.25) is 5.10 Å². The summed E-state index contributed by atoms with van der Waals surface area (Å²) < 4.78 is 0. The number of nitrogens with two attached hydrogens (primary N) is 1. The first kappa shape index (κ1) is 10.9. The van der Waals surface area contributed by atoms with Crippen LogP contribution in [0.2, 0.25) is 0 Å². The lowest BCUT2D eigenvalue weighted by molar-refractivity contribution is 0.881. The van der Waals surface area contributed by atoms with Crippen LogP contribution in [0.1, 0.15) is 17.0 Å². The molecule has 16 heavy (non-hydrogen) atoms. The SMILES string of the molecule is Cc1nc(Sc2cn[nH]c2N)nc(C)c1C. The molecule has 2 aromatic rings. The van der Waals surface area contributed by atoms with Crippen molar-refractivity contribution < 1.29 is 0 Å². The first-order chi connectivity index (χ1) is 7.58. The quantitative estimate of drug-likeness (QED) is 0.776. The van der Waals surface area contributed by atoms with Gasteiger partial charge < -0.3 is 5.73 Å². The highest BCUT2D eigenvalue weighted by atomic mass is 32.2. The number of nitrogens with one attached hydrogen (secondary N) is 1. The Kier molecular flexibility index (Phi) is 2.82. The Morgan fingerprint density at radius 1 is 1.19 bits per heavy atom. The number of hydrogen-bond donors (Lipinski definition) is 2. The molecule has 0 aromatic carbocycles. The number of rotatable bonds is 2. The highest BCUT2D eigenvalue weighted by Crippen LogP contribution is 2.28. The van der Waals surface area contributed by atoms with Gasteiger partial charge in [0.2, 0.25) is 0 Å². The van der Waals surface area contributed by atoms with Gasteiger partial charge in [-0.2, -0.15) is 5.10 Å². The van der Waals surface area contributed by atoms with E-state index in [0.717, 1.165) is 21.8 Å². The summed E-state index contributed by atoms with van der Waals surface area (Å²) in [5.74, 6) is 0.546. The maximum absolute atomic E-state index is 5.70. The van der Waals surface area contributed by atoms with E-state index in [-0.39, 0.29) is 0 Å². The number of aromatic amines is 1. The molecule has 0 radical (unpaired) electrons. The van der Waals surface area contributed by atoms with Gasteiger partial charge in [0.25, 0.3) is 0 Å². The van der Waals surface area contributed by atoms with Crippen molar-refractivity contribution in [3.8, 4) is 0 Å². The van der Waals surface area contributed by atoms with Crippen LogP contribution < -0.4 is 5.73 Å². The van der Waals surface area contributed by atoms with Crippen molar-refractivity contribution in [3.63, 3.8) is 0 Å². The third-order valence-corrected chi connectivity index (χ3v) is 3.36. The maximum atomic E-state index is 5.70. The molecule has 0 atom stereocenters. The molecule has 0 unspecified atom stereocenters. The topological polar surface area (TPSA) is 80.5 Å². The van der Waals surface area contributed by atoms with Crippen LogP contribution in [0.25, 0.3) is 0 Å². The molecule has 0 saturated carbocycles. The van der Waals surface area contributed by atoms with Crippen molar-refractivity contribution in [2.75, 3.05) is 5.73 Å². The second-order valence-corrected chi connectivity index (χ2v) is 4.56. The molecular weight excluding hydrogens is 222 g/mol. The Bertz CT molecular complexity index is 497. The number of anilines is 1. The minimum absolute atomic E-state index is 0.546. The van der Waals surface area contributed by atoms with Crippen LogP contribution >= 0.6 is 11.8 Å². The average molecular weight is 235 g/mol. The third-order valence-electron chi connectivity index (χ3n) is 2.45. The fourth-order valence-electron chi connectivity index (χ4n) is 1.25. The highest BCUT2D eigenvalue weighted by molar-refractivity contribution is 7.99. The molecule has 0 aliphatic rings. The predicted octanol–water partition coefficient (Wildman–Crippen LogP) is 1.86. The summed E-state index contributed by atoms with van der Waals surface area (Å²) in [6, 6.07) is 0. The average Bonchev–Trinajstić information content (AvgIpc) is 2.61. The summed E-state index contributed by atoms with van der Waals surface area (Å²) in [4.78, 5) is 9.66. The number of aromatic nitrogens is 4. The Labute approximate surface area is 97.9 Å². The first-order valence-electron chi connectivity index (χ1n) is 4.86. The monoisotopic (exact) mass is 235 g/mol. The van der Waals surface area contributed by atoms with Gasteiger partial charge in [-0.1, -0.05) is 0 Å². The highest BCUT2D eigenvalue weighted by Gasteiger charge is 2.09. The van der Waals surface area contributed by atoms with Gasteiger partial charge in [0.1, 0.15) is 5.82 Å². The van der Waals surface area contributed by atoms with E-state index in [9.17, 15) is 0 Å². The van der Waals surface area contributed by atoms with Crippen LogP contribution in [0.5, 0.6) is 0 Å². The minimum Gasteiger partial charge on any atom is -0.383 e. The lowest BCUT2D eigenvalue weighted by atomic mass is 10.2. The van der Waals surface area contributed by atoms with Crippen LogP contribution in [0.4, 0.5) is 5.82 Å². The van der Waals surface area contributed by atoms with E-state index >= 15 is 0 Å². The van der Waals surface area contributed by atoms with Gasteiger partial charge >= 0.3 is 0 Å². The molecule has 0 aliphatic heterocycles. The van der Waals surface area contributed by atoms with E-state index in [1.54, 1.807) is 6.20 Å².